The second kappa shape index (κ2) is 5.83. The highest BCUT2D eigenvalue weighted by Crippen LogP contribution is 2.08. The van der Waals surface area contributed by atoms with Crippen molar-refractivity contribution in [1.29, 1.82) is 0 Å². The van der Waals surface area contributed by atoms with E-state index in [2.05, 4.69) is 41.3 Å². The van der Waals surface area contributed by atoms with Gasteiger partial charge in [0.2, 0.25) is 0 Å². The fourth-order valence-corrected chi connectivity index (χ4v) is 1.56. The summed E-state index contributed by atoms with van der Waals surface area (Å²) in [6.07, 6.45) is 0. The minimum absolute atomic E-state index is 0.973. The molecule has 3 heteroatoms. The lowest BCUT2D eigenvalue weighted by Crippen LogP contribution is -2.27. The van der Waals surface area contributed by atoms with Crippen molar-refractivity contribution in [1.82, 2.24) is 15.2 Å². The molecule has 0 amide bonds. The monoisotopic (exact) mass is 207 g/mol. The van der Waals surface area contributed by atoms with E-state index in [0.717, 1.165) is 31.0 Å². The minimum Gasteiger partial charge on any atom is -0.318 e. The zero-order valence-corrected chi connectivity index (χ0v) is 10.2. The molecule has 1 aromatic heterocycles. The number of aromatic nitrogens is 1. The van der Waals surface area contributed by atoms with E-state index in [0.29, 0.717) is 0 Å². The third-order valence-electron chi connectivity index (χ3n) is 2.52. The van der Waals surface area contributed by atoms with Crippen LogP contribution in [0.4, 0.5) is 0 Å². The van der Waals surface area contributed by atoms with Gasteiger partial charge in [0.05, 0.1) is 0 Å². The van der Waals surface area contributed by atoms with Crippen LogP contribution >= 0.6 is 0 Å². The van der Waals surface area contributed by atoms with E-state index in [1.165, 1.54) is 5.56 Å². The Morgan fingerprint density at radius 3 is 2.67 bits per heavy atom. The van der Waals surface area contributed by atoms with Gasteiger partial charge < -0.3 is 10.2 Å². The molecule has 0 aliphatic heterocycles. The van der Waals surface area contributed by atoms with Crippen LogP contribution < -0.4 is 5.32 Å². The number of hydrogen-bond acceptors (Lipinski definition) is 3. The molecule has 1 heterocycles. The summed E-state index contributed by atoms with van der Waals surface area (Å²) in [5, 5.41) is 3.15. The van der Waals surface area contributed by atoms with Crippen molar-refractivity contribution >= 4 is 0 Å². The quantitative estimate of drug-likeness (QED) is 0.790. The molecule has 0 fully saturated rings. The Hall–Kier alpha value is -0.930. The number of nitrogens with one attached hydrogen (secondary N) is 1. The molecular formula is C12H21N3. The summed E-state index contributed by atoms with van der Waals surface area (Å²) in [5.74, 6) is 0. The number of aryl methyl sites for hydroxylation is 2. The first-order valence-corrected chi connectivity index (χ1v) is 5.39. The smallest absolute Gasteiger partial charge is 0.0420 e. The van der Waals surface area contributed by atoms with Gasteiger partial charge in [0.15, 0.2) is 0 Å². The normalized spacial score (nSPS) is 11.0. The summed E-state index contributed by atoms with van der Waals surface area (Å²) in [5.41, 5.74) is 3.56. The molecule has 3 nitrogen and oxygen atoms in total. The van der Waals surface area contributed by atoms with Crippen LogP contribution in [0.15, 0.2) is 12.1 Å². The second-order valence-electron chi connectivity index (χ2n) is 4.04. The SMILES string of the molecule is CNCCN(C)Cc1ccc(C)nc1C. The van der Waals surface area contributed by atoms with Crippen LogP contribution in [0.1, 0.15) is 17.0 Å². The molecule has 1 rings (SSSR count). The lowest BCUT2D eigenvalue weighted by molar-refractivity contribution is 0.327. The molecule has 0 spiro atoms. The van der Waals surface area contributed by atoms with E-state index in [9.17, 15) is 0 Å². The number of hydrogen-bond donors (Lipinski definition) is 1. The lowest BCUT2D eigenvalue weighted by atomic mass is 10.2. The van der Waals surface area contributed by atoms with Crippen LogP contribution in [0, 0.1) is 13.8 Å². The van der Waals surface area contributed by atoms with Crippen LogP contribution in [0.2, 0.25) is 0 Å². The van der Waals surface area contributed by atoms with Crippen molar-refractivity contribution < 1.29 is 0 Å². The van der Waals surface area contributed by atoms with E-state index in [4.69, 9.17) is 0 Å². The molecule has 1 aromatic rings. The Balaban J connectivity index is 2.56. The highest BCUT2D eigenvalue weighted by Gasteiger charge is 2.03. The highest BCUT2D eigenvalue weighted by molar-refractivity contribution is 5.21. The van der Waals surface area contributed by atoms with Gasteiger partial charge in [0.25, 0.3) is 0 Å². The third kappa shape index (κ3) is 3.98. The van der Waals surface area contributed by atoms with E-state index in [1.807, 2.05) is 14.0 Å². The maximum atomic E-state index is 4.46. The zero-order chi connectivity index (χ0) is 11.3. The van der Waals surface area contributed by atoms with Crippen LogP contribution in [0.5, 0.6) is 0 Å². The minimum atomic E-state index is 0.973. The van der Waals surface area contributed by atoms with E-state index >= 15 is 0 Å². The third-order valence-corrected chi connectivity index (χ3v) is 2.52. The van der Waals surface area contributed by atoms with Gasteiger partial charge in [-0.1, -0.05) is 6.07 Å². The predicted molar refractivity (Wildman–Crippen MR) is 64.0 cm³/mol. The van der Waals surface area contributed by atoms with Crippen LogP contribution in [-0.4, -0.2) is 37.1 Å². The summed E-state index contributed by atoms with van der Waals surface area (Å²) in [6, 6.07) is 4.25. The number of likely N-dealkylation sites (N-methyl/N-ethyl adjacent to an activating group) is 2. The molecule has 0 aromatic carbocycles. The Morgan fingerprint density at radius 2 is 2.07 bits per heavy atom. The number of pyridine rings is 1. The first-order chi connectivity index (χ1) is 7.13. The summed E-state index contributed by atoms with van der Waals surface area (Å²) < 4.78 is 0. The summed E-state index contributed by atoms with van der Waals surface area (Å²) in [4.78, 5) is 6.77. The standard InChI is InChI=1S/C12H21N3/c1-10-5-6-12(11(2)14-10)9-15(4)8-7-13-3/h5-6,13H,7-9H2,1-4H3. The average Bonchev–Trinajstić information content (AvgIpc) is 2.19. The van der Waals surface area contributed by atoms with Gasteiger partial charge in [0, 0.05) is 31.0 Å². The molecule has 0 aliphatic rings. The Bertz CT molecular complexity index is 310. The van der Waals surface area contributed by atoms with Crippen LogP contribution in [-0.2, 0) is 6.54 Å². The second-order valence-corrected chi connectivity index (χ2v) is 4.04. The zero-order valence-electron chi connectivity index (χ0n) is 10.2. The van der Waals surface area contributed by atoms with Crippen LogP contribution in [0.25, 0.3) is 0 Å². The Kier molecular flexibility index (Phi) is 4.72. The topological polar surface area (TPSA) is 28.2 Å². The van der Waals surface area contributed by atoms with E-state index < -0.39 is 0 Å². The van der Waals surface area contributed by atoms with E-state index in [-0.39, 0.29) is 0 Å². The van der Waals surface area contributed by atoms with Gasteiger partial charge in [-0.3, -0.25) is 4.98 Å². The number of nitrogens with zero attached hydrogens (tertiary/aromatic N) is 2. The van der Waals surface area contributed by atoms with Gasteiger partial charge in [-0.25, -0.2) is 0 Å². The molecule has 0 unspecified atom stereocenters. The first-order valence-electron chi connectivity index (χ1n) is 5.39. The van der Waals surface area contributed by atoms with Gasteiger partial charge in [0.1, 0.15) is 0 Å². The summed E-state index contributed by atoms with van der Waals surface area (Å²) in [6.45, 7) is 7.16. The Labute approximate surface area is 92.5 Å². The van der Waals surface area contributed by atoms with Crippen molar-refractivity contribution in [2.75, 3.05) is 27.2 Å². The van der Waals surface area contributed by atoms with Gasteiger partial charge in [-0.15, -0.1) is 0 Å². The fraction of sp³-hybridized carbons (Fsp3) is 0.583. The van der Waals surface area contributed by atoms with E-state index in [1.54, 1.807) is 0 Å². The van der Waals surface area contributed by atoms with Crippen molar-refractivity contribution in [3.05, 3.63) is 29.1 Å². The van der Waals surface area contributed by atoms with Gasteiger partial charge >= 0.3 is 0 Å². The molecule has 84 valence electrons. The van der Waals surface area contributed by atoms with Gasteiger partial charge in [-0.05, 0) is 39.6 Å². The molecule has 15 heavy (non-hydrogen) atoms. The van der Waals surface area contributed by atoms with Gasteiger partial charge in [-0.2, -0.15) is 0 Å². The molecule has 0 aliphatic carbocycles. The highest BCUT2D eigenvalue weighted by atomic mass is 15.1. The fourth-order valence-electron chi connectivity index (χ4n) is 1.56. The maximum Gasteiger partial charge on any atom is 0.0420 e. The van der Waals surface area contributed by atoms with Crippen LogP contribution in [0.3, 0.4) is 0 Å². The molecule has 0 saturated carbocycles. The average molecular weight is 207 g/mol. The molecule has 0 atom stereocenters. The molecule has 0 saturated heterocycles. The lowest BCUT2D eigenvalue weighted by Gasteiger charge is -2.17. The maximum absolute atomic E-state index is 4.46. The molecule has 0 bridgehead atoms. The number of rotatable bonds is 5. The summed E-state index contributed by atoms with van der Waals surface area (Å²) in [7, 11) is 4.11. The van der Waals surface area contributed by atoms with Crippen molar-refractivity contribution in [2.24, 2.45) is 0 Å². The predicted octanol–water partition coefficient (Wildman–Crippen LogP) is 1.35. The Morgan fingerprint density at radius 1 is 1.33 bits per heavy atom. The summed E-state index contributed by atoms with van der Waals surface area (Å²) >= 11 is 0. The van der Waals surface area contributed by atoms with Crippen molar-refractivity contribution in [2.45, 2.75) is 20.4 Å². The molecular weight excluding hydrogens is 186 g/mol. The molecule has 1 N–H and O–H groups in total. The first kappa shape index (κ1) is 12.1. The van der Waals surface area contributed by atoms with Crippen molar-refractivity contribution in [3.63, 3.8) is 0 Å². The molecule has 0 radical (unpaired) electrons. The van der Waals surface area contributed by atoms with Crippen molar-refractivity contribution in [3.8, 4) is 0 Å². The largest absolute Gasteiger partial charge is 0.318 e.